The van der Waals surface area contributed by atoms with Crippen LogP contribution in [0.5, 0.6) is 0 Å². The molecule has 1 aliphatic rings. The Balaban J connectivity index is 1.59. The van der Waals surface area contributed by atoms with Crippen molar-refractivity contribution < 1.29 is 22.3 Å². The van der Waals surface area contributed by atoms with Crippen LogP contribution in [0.3, 0.4) is 0 Å². The SMILES string of the molecule is CC1CN(C(=O)c2cc(S(=O)(=O)Nc3ccc(F)cc3)ccc2Cl)CC(c2ccccc2)O1. The number of morpholine rings is 1. The number of hydrogen-bond acceptors (Lipinski definition) is 4. The van der Waals surface area contributed by atoms with E-state index in [0.29, 0.717) is 13.1 Å². The van der Waals surface area contributed by atoms with E-state index in [0.717, 1.165) is 17.7 Å². The molecule has 1 amide bonds. The van der Waals surface area contributed by atoms with Crippen LogP contribution < -0.4 is 4.72 Å². The van der Waals surface area contributed by atoms with E-state index in [9.17, 15) is 17.6 Å². The van der Waals surface area contributed by atoms with Crippen LogP contribution in [0.2, 0.25) is 5.02 Å². The summed E-state index contributed by atoms with van der Waals surface area (Å²) in [4.78, 5) is 14.8. The number of amides is 1. The van der Waals surface area contributed by atoms with E-state index < -0.39 is 15.8 Å². The van der Waals surface area contributed by atoms with Gasteiger partial charge in [0, 0.05) is 12.2 Å². The van der Waals surface area contributed by atoms with E-state index in [-0.39, 0.29) is 39.3 Å². The predicted molar refractivity (Wildman–Crippen MR) is 124 cm³/mol. The second-order valence-corrected chi connectivity index (χ2v) is 9.90. The summed E-state index contributed by atoms with van der Waals surface area (Å²) in [5.41, 5.74) is 1.24. The molecule has 0 radical (unpaired) electrons. The third kappa shape index (κ3) is 5.35. The molecule has 2 unspecified atom stereocenters. The summed E-state index contributed by atoms with van der Waals surface area (Å²) in [7, 11) is -4.02. The highest BCUT2D eigenvalue weighted by Crippen LogP contribution is 2.29. The lowest BCUT2D eigenvalue weighted by atomic mass is 10.1. The first-order chi connectivity index (χ1) is 15.7. The monoisotopic (exact) mass is 488 g/mol. The van der Waals surface area contributed by atoms with Gasteiger partial charge in [-0.15, -0.1) is 0 Å². The topological polar surface area (TPSA) is 75.7 Å². The van der Waals surface area contributed by atoms with Crippen molar-refractivity contribution in [1.29, 1.82) is 0 Å². The fourth-order valence-corrected chi connectivity index (χ4v) is 4.99. The summed E-state index contributed by atoms with van der Waals surface area (Å²) in [6.45, 7) is 2.54. The van der Waals surface area contributed by atoms with Crippen LogP contribution in [0.1, 0.15) is 28.9 Å². The molecule has 172 valence electrons. The van der Waals surface area contributed by atoms with Crippen molar-refractivity contribution in [1.82, 2.24) is 4.90 Å². The Morgan fingerprint density at radius 3 is 2.45 bits per heavy atom. The van der Waals surface area contributed by atoms with Crippen molar-refractivity contribution in [2.75, 3.05) is 17.8 Å². The zero-order valence-electron chi connectivity index (χ0n) is 17.7. The molecular weight excluding hydrogens is 467 g/mol. The molecule has 1 saturated heterocycles. The molecule has 0 bridgehead atoms. The molecule has 1 fully saturated rings. The summed E-state index contributed by atoms with van der Waals surface area (Å²) in [6, 6.07) is 18.5. The number of nitrogens with one attached hydrogen (secondary N) is 1. The third-order valence-corrected chi connectivity index (χ3v) is 7.00. The Morgan fingerprint density at radius 1 is 1.06 bits per heavy atom. The first-order valence-corrected chi connectivity index (χ1v) is 12.2. The van der Waals surface area contributed by atoms with Crippen molar-refractivity contribution >= 4 is 33.2 Å². The van der Waals surface area contributed by atoms with Crippen molar-refractivity contribution in [3.8, 4) is 0 Å². The Labute approximate surface area is 197 Å². The van der Waals surface area contributed by atoms with Gasteiger partial charge in [0.1, 0.15) is 11.9 Å². The summed E-state index contributed by atoms with van der Waals surface area (Å²) in [6.07, 6.45) is -0.511. The number of carbonyl (C=O) groups excluding carboxylic acids is 1. The van der Waals surface area contributed by atoms with Crippen LogP contribution in [0, 0.1) is 5.82 Å². The van der Waals surface area contributed by atoms with E-state index >= 15 is 0 Å². The van der Waals surface area contributed by atoms with E-state index in [4.69, 9.17) is 16.3 Å². The van der Waals surface area contributed by atoms with Crippen molar-refractivity contribution in [2.24, 2.45) is 0 Å². The van der Waals surface area contributed by atoms with Crippen molar-refractivity contribution in [2.45, 2.75) is 24.0 Å². The number of anilines is 1. The zero-order chi connectivity index (χ0) is 23.6. The first kappa shape index (κ1) is 23.2. The highest BCUT2D eigenvalue weighted by molar-refractivity contribution is 7.92. The lowest BCUT2D eigenvalue weighted by Crippen LogP contribution is -2.46. The molecule has 0 aliphatic carbocycles. The predicted octanol–water partition coefficient (Wildman–Crippen LogP) is 4.88. The highest BCUT2D eigenvalue weighted by atomic mass is 35.5. The quantitative estimate of drug-likeness (QED) is 0.555. The Morgan fingerprint density at radius 2 is 1.76 bits per heavy atom. The molecule has 4 rings (SSSR count). The largest absolute Gasteiger partial charge is 0.367 e. The van der Waals surface area contributed by atoms with Gasteiger partial charge in [0.2, 0.25) is 0 Å². The zero-order valence-corrected chi connectivity index (χ0v) is 19.3. The van der Waals surface area contributed by atoms with Gasteiger partial charge in [0.25, 0.3) is 15.9 Å². The molecule has 1 aliphatic heterocycles. The minimum atomic E-state index is -4.02. The van der Waals surface area contributed by atoms with Gasteiger partial charge in [-0.25, -0.2) is 12.8 Å². The van der Waals surface area contributed by atoms with Crippen LogP contribution in [-0.2, 0) is 14.8 Å². The van der Waals surface area contributed by atoms with E-state index in [1.54, 1.807) is 4.90 Å². The van der Waals surface area contributed by atoms with Gasteiger partial charge >= 0.3 is 0 Å². The number of sulfonamides is 1. The van der Waals surface area contributed by atoms with Crippen LogP contribution in [0.25, 0.3) is 0 Å². The fourth-order valence-electron chi connectivity index (χ4n) is 3.71. The van der Waals surface area contributed by atoms with Crippen LogP contribution in [0.4, 0.5) is 10.1 Å². The van der Waals surface area contributed by atoms with Crippen LogP contribution in [-0.4, -0.2) is 38.4 Å². The molecule has 0 aromatic heterocycles. The Hall–Kier alpha value is -2.94. The van der Waals surface area contributed by atoms with Gasteiger partial charge in [-0.1, -0.05) is 41.9 Å². The molecule has 2 atom stereocenters. The minimum Gasteiger partial charge on any atom is -0.367 e. The number of halogens is 2. The molecule has 3 aromatic rings. The second-order valence-electron chi connectivity index (χ2n) is 7.81. The second kappa shape index (κ2) is 9.51. The van der Waals surface area contributed by atoms with Gasteiger partial charge in [0.05, 0.1) is 28.1 Å². The van der Waals surface area contributed by atoms with Crippen LogP contribution >= 0.6 is 11.6 Å². The maximum atomic E-state index is 13.3. The van der Waals surface area contributed by atoms with E-state index in [1.165, 1.54) is 30.3 Å². The molecule has 33 heavy (non-hydrogen) atoms. The first-order valence-electron chi connectivity index (χ1n) is 10.3. The van der Waals surface area contributed by atoms with Crippen LogP contribution in [0.15, 0.2) is 77.7 Å². The number of hydrogen-bond donors (Lipinski definition) is 1. The number of carbonyl (C=O) groups is 1. The number of ether oxygens (including phenoxy) is 1. The lowest BCUT2D eigenvalue weighted by Gasteiger charge is -2.37. The van der Waals surface area contributed by atoms with E-state index in [2.05, 4.69) is 4.72 Å². The van der Waals surface area contributed by atoms with E-state index in [1.807, 2.05) is 37.3 Å². The maximum absolute atomic E-state index is 13.3. The molecule has 0 saturated carbocycles. The smallest absolute Gasteiger partial charge is 0.261 e. The summed E-state index contributed by atoms with van der Waals surface area (Å²) in [5.74, 6) is -0.860. The lowest BCUT2D eigenvalue weighted by molar-refractivity contribution is -0.0691. The van der Waals surface area contributed by atoms with Gasteiger partial charge < -0.3 is 9.64 Å². The normalized spacial score (nSPS) is 18.7. The number of benzene rings is 3. The average Bonchev–Trinajstić information content (AvgIpc) is 2.80. The minimum absolute atomic E-state index is 0.0829. The maximum Gasteiger partial charge on any atom is 0.261 e. The molecule has 9 heteroatoms. The average molecular weight is 489 g/mol. The summed E-state index contributed by atoms with van der Waals surface area (Å²) >= 11 is 6.29. The van der Waals surface area contributed by atoms with Crippen molar-refractivity contribution in [3.05, 3.63) is 94.8 Å². The van der Waals surface area contributed by atoms with Gasteiger partial charge in [-0.3, -0.25) is 9.52 Å². The Bertz CT molecular complexity index is 1250. The van der Waals surface area contributed by atoms with Crippen molar-refractivity contribution in [3.63, 3.8) is 0 Å². The molecular formula is C24H22ClFN2O4S. The number of rotatable bonds is 5. The van der Waals surface area contributed by atoms with Gasteiger partial charge in [0.15, 0.2) is 0 Å². The summed E-state index contributed by atoms with van der Waals surface area (Å²) < 4.78 is 47.2. The summed E-state index contributed by atoms with van der Waals surface area (Å²) in [5, 5.41) is 0.149. The third-order valence-electron chi connectivity index (χ3n) is 5.29. The molecule has 1 N–H and O–H groups in total. The molecule has 0 spiro atoms. The highest BCUT2D eigenvalue weighted by Gasteiger charge is 2.31. The number of nitrogens with zero attached hydrogens (tertiary/aromatic N) is 1. The standard InChI is InChI=1S/C24H22ClFN2O4S/c1-16-14-28(15-23(32-16)17-5-3-2-4-6-17)24(29)21-13-20(11-12-22(21)25)33(30,31)27-19-9-7-18(26)8-10-19/h2-13,16,23,27H,14-15H2,1H3. The molecule has 3 aromatic carbocycles. The molecule has 1 heterocycles. The van der Waals surface area contributed by atoms with Gasteiger partial charge in [-0.05, 0) is 55.0 Å². The fraction of sp³-hybridized carbons (Fsp3) is 0.208. The molecule has 6 nitrogen and oxygen atoms in total. The van der Waals surface area contributed by atoms with Gasteiger partial charge in [-0.2, -0.15) is 0 Å². The Kier molecular flexibility index (Phi) is 6.69.